The second-order valence-corrected chi connectivity index (χ2v) is 6.01. The molecule has 2 N–H and O–H groups in total. The number of fused-ring (bicyclic) bond motifs is 1. The third-order valence-corrected chi connectivity index (χ3v) is 4.33. The number of hydrogen-bond acceptors (Lipinski definition) is 6. The van der Waals surface area contributed by atoms with Crippen LogP contribution in [-0.4, -0.2) is 33.0 Å². The van der Waals surface area contributed by atoms with Crippen molar-refractivity contribution in [3.05, 3.63) is 10.8 Å². The summed E-state index contributed by atoms with van der Waals surface area (Å²) in [6.45, 7) is 5.70. The van der Waals surface area contributed by atoms with Gasteiger partial charge in [-0.05, 0) is 12.3 Å². The number of rotatable bonds is 3. The van der Waals surface area contributed by atoms with Crippen molar-refractivity contribution in [1.29, 1.82) is 0 Å². The van der Waals surface area contributed by atoms with Gasteiger partial charge in [-0.3, -0.25) is 0 Å². The van der Waals surface area contributed by atoms with Crippen molar-refractivity contribution in [2.75, 3.05) is 13.2 Å². The van der Waals surface area contributed by atoms with Crippen molar-refractivity contribution in [2.45, 2.75) is 32.2 Å². The van der Waals surface area contributed by atoms with Gasteiger partial charge in [0.15, 0.2) is 5.82 Å². The Morgan fingerprint density at radius 1 is 1.44 bits per heavy atom. The molecule has 2 unspecified atom stereocenters. The van der Waals surface area contributed by atoms with Gasteiger partial charge in [-0.1, -0.05) is 25.2 Å². The molecule has 18 heavy (non-hydrogen) atoms. The van der Waals surface area contributed by atoms with E-state index in [1.165, 1.54) is 11.3 Å². The van der Waals surface area contributed by atoms with Crippen LogP contribution in [0.3, 0.4) is 0 Å². The predicted molar refractivity (Wildman–Crippen MR) is 68.6 cm³/mol. The van der Waals surface area contributed by atoms with Crippen LogP contribution in [0.1, 0.15) is 43.1 Å². The van der Waals surface area contributed by atoms with Gasteiger partial charge in [-0.15, -0.1) is 10.2 Å². The molecule has 1 aliphatic heterocycles. The molecule has 98 valence electrons. The van der Waals surface area contributed by atoms with Gasteiger partial charge in [0.05, 0.1) is 12.6 Å². The van der Waals surface area contributed by atoms with Gasteiger partial charge in [-0.25, -0.2) is 0 Å². The van der Waals surface area contributed by atoms with Crippen LogP contribution in [0.15, 0.2) is 0 Å². The summed E-state index contributed by atoms with van der Waals surface area (Å²) in [5, 5.41) is 13.9. The molecule has 2 aromatic heterocycles. The fourth-order valence-electron chi connectivity index (χ4n) is 2.06. The molecule has 3 rings (SSSR count). The monoisotopic (exact) mass is 267 g/mol. The highest BCUT2D eigenvalue weighted by Gasteiger charge is 2.26. The fraction of sp³-hybridized carbons (Fsp3) is 0.727. The number of ether oxygens (including phenoxy) is 1. The Labute approximate surface area is 109 Å². The lowest BCUT2D eigenvalue weighted by Gasteiger charge is -2.11. The Morgan fingerprint density at radius 3 is 2.94 bits per heavy atom. The summed E-state index contributed by atoms with van der Waals surface area (Å²) in [5.41, 5.74) is 6.13. The van der Waals surface area contributed by atoms with Gasteiger partial charge >= 0.3 is 0 Å². The summed E-state index contributed by atoms with van der Waals surface area (Å²) < 4.78 is 7.23. The van der Waals surface area contributed by atoms with E-state index in [9.17, 15) is 0 Å². The minimum atomic E-state index is -0.0376. The van der Waals surface area contributed by atoms with Crippen molar-refractivity contribution in [3.8, 4) is 0 Å². The summed E-state index contributed by atoms with van der Waals surface area (Å²) in [6.07, 6.45) is 0.990. The molecule has 1 aliphatic rings. The molecule has 2 atom stereocenters. The summed E-state index contributed by atoms with van der Waals surface area (Å²) in [7, 11) is 0. The standard InChI is InChI=1S/C11H17N5OS/c1-6(2)8(12)10-15-16-9(7-3-4-17-5-7)13-14-11(16)18-10/h6-8H,3-5,12H2,1-2H3. The minimum Gasteiger partial charge on any atom is -0.381 e. The van der Waals surface area contributed by atoms with Gasteiger partial charge < -0.3 is 10.5 Å². The molecule has 3 heterocycles. The smallest absolute Gasteiger partial charge is 0.234 e. The first kappa shape index (κ1) is 12.0. The molecule has 1 saturated heterocycles. The van der Waals surface area contributed by atoms with Crippen molar-refractivity contribution in [2.24, 2.45) is 11.7 Å². The normalized spacial score (nSPS) is 22.1. The molecule has 0 spiro atoms. The fourth-order valence-corrected chi connectivity index (χ4v) is 3.08. The molecule has 7 heteroatoms. The topological polar surface area (TPSA) is 78.3 Å². The first-order valence-electron chi connectivity index (χ1n) is 6.22. The molecular weight excluding hydrogens is 250 g/mol. The molecule has 0 aromatic carbocycles. The second-order valence-electron chi connectivity index (χ2n) is 5.02. The first-order chi connectivity index (χ1) is 8.66. The van der Waals surface area contributed by atoms with Crippen molar-refractivity contribution < 1.29 is 4.74 Å². The highest BCUT2D eigenvalue weighted by Crippen LogP contribution is 2.28. The molecule has 0 aliphatic carbocycles. The van der Waals surface area contributed by atoms with Crippen molar-refractivity contribution in [1.82, 2.24) is 19.8 Å². The van der Waals surface area contributed by atoms with E-state index in [4.69, 9.17) is 10.5 Å². The molecule has 6 nitrogen and oxygen atoms in total. The van der Waals surface area contributed by atoms with Crippen molar-refractivity contribution in [3.63, 3.8) is 0 Å². The number of hydrogen-bond donors (Lipinski definition) is 1. The van der Waals surface area contributed by atoms with Crippen LogP contribution >= 0.6 is 11.3 Å². The Balaban J connectivity index is 1.97. The van der Waals surface area contributed by atoms with E-state index in [1.54, 1.807) is 0 Å². The van der Waals surface area contributed by atoms with E-state index >= 15 is 0 Å². The van der Waals surface area contributed by atoms with Gasteiger partial charge in [-0.2, -0.15) is 9.61 Å². The van der Waals surface area contributed by atoms with Crippen LogP contribution in [0.2, 0.25) is 0 Å². The van der Waals surface area contributed by atoms with E-state index in [1.807, 2.05) is 4.52 Å². The third kappa shape index (κ3) is 1.92. The predicted octanol–water partition coefficient (Wildman–Crippen LogP) is 1.35. The first-order valence-corrected chi connectivity index (χ1v) is 7.04. The van der Waals surface area contributed by atoms with Gasteiger partial charge in [0.2, 0.25) is 4.96 Å². The molecule has 2 aromatic rings. The van der Waals surface area contributed by atoms with E-state index in [0.29, 0.717) is 18.4 Å². The average molecular weight is 267 g/mol. The quantitative estimate of drug-likeness (QED) is 0.908. The molecular formula is C11H17N5OS. The van der Waals surface area contributed by atoms with E-state index < -0.39 is 0 Å². The Kier molecular flexibility index (Phi) is 3.04. The summed E-state index contributed by atoms with van der Waals surface area (Å²) in [5.74, 6) is 1.58. The van der Waals surface area contributed by atoms with E-state index in [-0.39, 0.29) is 6.04 Å². The van der Waals surface area contributed by atoms with Crippen LogP contribution in [-0.2, 0) is 4.74 Å². The van der Waals surface area contributed by atoms with E-state index in [0.717, 1.165) is 28.8 Å². The molecule has 0 amide bonds. The van der Waals surface area contributed by atoms with Crippen LogP contribution in [0.4, 0.5) is 0 Å². The average Bonchev–Trinajstić information content (AvgIpc) is 3.02. The minimum absolute atomic E-state index is 0.0376. The third-order valence-electron chi connectivity index (χ3n) is 3.33. The lowest BCUT2D eigenvalue weighted by molar-refractivity contribution is 0.193. The van der Waals surface area contributed by atoms with Gasteiger partial charge in [0, 0.05) is 12.5 Å². The van der Waals surface area contributed by atoms with Crippen LogP contribution in [0, 0.1) is 5.92 Å². The Morgan fingerprint density at radius 2 is 2.28 bits per heavy atom. The highest BCUT2D eigenvalue weighted by atomic mass is 32.1. The zero-order chi connectivity index (χ0) is 12.7. The highest BCUT2D eigenvalue weighted by molar-refractivity contribution is 7.16. The van der Waals surface area contributed by atoms with E-state index in [2.05, 4.69) is 29.1 Å². The zero-order valence-corrected chi connectivity index (χ0v) is 11.4. The number of aromatic nitrogens is 4. The van der Waals surface area contributed by atoms with Crippen LogP contribution < -0.4 is 5.73 Å². The maximum Gasteiger partial charge on any atom is 0.234 e. The van der Waals surface area contributed by atoms with Crippen molar-refractivity contribution >= 4 is 16.3 Å². The summed E-state index contributed by atoms with van der Waals surface area (Å²) >= 11 is 1.53. The Bertz CT molecular complexity index is 543. The molecule has 0 radical (unpaired) electrons. The lowest BCUT2D eigenvalue weighted by Crippen LogP contribution is -2.17. The molecule has 1 fully saturated rings. The SMILES string of the molecule is CC(C)C(N)c1nn2c(C3CCOC3)nnc2s1. The molecule has 0 bridgehead atoms. The van der Waals surface area contributed by atoms with Crippen LogP contribution in [0.25, 0.3) is 4.96 Å². The maximum atomic E-state index is 6.13. The lowest BCUT2D eigenvalue weighted by atomic mass is 10.1. The summed E-state index contributed by atoms with van der Waals surface area (Å²) in [6, 6.07) is -0.0376. The Hall–Kier alpha value is -1.05. The maximum absolute atomic E-state index is 6.13. The number of nitrogens with zero attached hydrogens (tertiary/aromatic N) is 4. The van der Waals surface area contributed by atoms with Crippen LogP contribution in [0.5, 0.6) is 0 Å². The molecule has 0 saturated carbocycles. The zero-order valence-electron chi connectivity index (χ0n) is 10.5. The largest absolute Gasteiger partial charge is 0.381 e. The second kappa shape index (κ2) is 4.56. The number of nitrogens with two attached hydrogens (primary N) is 1. The summed E-state index contributed by atoms with van der Waals surface area (Å²) in [4.78, 5) is 0.822. The van der Waals surface area contributed by atoms with Gasteiger partial charge in [0.1, 0.15) is 5.01 Å². The van der Waals surface area contributed by atoms with Gasteiger partial charge in [0.25, 0.3) is 0 Å².